The first-order valence-electron chi connectivity index (χ1n) is 8.23. The number of ether oxygens (including phenoxy) is 1. The Morgan fingerprint density at radius 2 is 1.60 bits per heavy atom. The molecule has 0 N–H and O–H groups in total. The number of carbonyl (C=O) groups is 2. The van der Waals surface area contributed by atoms with Crippen molar-refractivity contribution in [2.45, 2.75) is 25.1 Å². The van der Waals surface area contributed by atoms with Gasteiger partial charge in [0.15, 0.2) is 0 Å². The van der Waals surface area contributed by atoms with Crippen LogP contribution in [0.3, 0.4) is 0 Å². The van der Waals surface area contributed by atoms with E-state index >= 15 is 0 Å². The Balaban J connectivity index is 1.57. The third kappa shape index (κ3) is 3.95. The van der Waals surface area contributed by atoms with Crippen molar-refractivity contribution in [2.24, 2.45) is 0 Å². The van der Waals surface area contributed by atoms with Gasteiger partial charge >= 0.3 is 6.18 Å². The van der Waals surface area contributed by atoms with Gasteiger partial charge in [0, 0.05) is 38.3 Å². The molecule has 2 aliphatic rings. The number of nitrogens with zero attached hydrogens (tertiary/aromatic N) is 2. The first-order valence-corrected chi connectivity index (χ1v) is 8.23. The number of benzene rings is 1. The molecule has 1 atom stereocenters. The molecule has 0 radical (unpaired) electrons. The normalized spacial score (nSPS) is 21.5. The Bertz CT molecular complexity index is 632. The molecule has 0 aromatic heterocycles. The number of rotatable bonds is 2. The zero-order valence-corrected chi connectivity index (χ0v) is 13.6. The van der Waals surface area contributed by atoms with Crippen LogP contribution in [-0.4, -0.2) is 60.5 Å². The molecule has 2 fully saturated rings. The van der Waals surface area contributed by atoms with Gasteiger partial charge in [0.1, 0.15) is 6.10 Å². The van der Waals surface area contributed by atoms with Crippen molar-refractivity contribution in [2.75, 3.05) is 32.8 Å². The summed E-state index contributed by atoms with van der Waals surface area (Å²) in [5.74, 6) is -0.364. The summed E-state index contributed by atoms with van der Waals surface area (Å²) in [4.78, 5) is 27.9. The van der Waals surface area contributed by atoms with Crippen molar-refractivity contribution in [3.63, 3.8) is 0 Å². The maximum Gasteiger partial charge on any atom is 0.416 e. The molecule has 2 amide bonds. The third-order valence-corrected chi connectivity index (χ3v) is 4.54. The number of carbonyl (C=O) groups excluding carboxylic acids is 2. The van der Waals surface area contributed by atoms with Gasteiger partial charge in [-0.25, -0.2) is 0 Å². The van der Waals surface area contributed by atoms with Crippen LogP contribution < -0.4 is 0 Å². The van der Waals surface area contributed by atoms with Crippen molar-refractivity contribution in [3.8, 4) is 0 Å². The summed E-state index contributed by atoms with van der Waals surface area (Å²) in [7, 11) is 0. The van der Waals surface area contributed by atoms with Gasteiger partial charge in [0.05, 0.1) is 5.56 Å². The summed E-state index contributed by atoms with van der Waals surface area (Å²) < 4.78 is 43.1. The van der Waals surface area contributed by atoms with E-state index in [1.54, 1.807) is 9.80 Å². The SMILES string of the molecule is O=C(c1ccc(C(F)(F)F)cc1)N1CCN(C(=O)[C@@H]2CCCO2)CC1. The number of hydrogen-bond donors (Lipinski definition) is 0. The van der Waals surface area contributed by atoms with Crippen LogP contribution in [0.5, 0.6) is 0 Å². The Labute approximate surface area is 143 Å². The molecule has 2 saturated heterocycles. The average molecular weight is 356 g/mol. The molecule has 1 aromatic carbocycles. The third-order valence-electron chi connectivity index (χ3n) is 4.54. The van der Waals surface area contributed by atoms with Crippen LogP contribution in [-0.2, 0) is 15.7 Å². The molecular formula is C17H19F3N2O3. The van der Waals surface area contributed by atoms with Crippen LogP contribution in [0.2, 0.25) is 0 Å². The summed E-state index contributed by atoms with van der Waals surface area (Å²) in [5.41, 5.74) is -0.567. The minimum absolute atomic E-state index is 0.0425. The number of halogens is 3. The predicted molar refractivity (Wildman–Crippen MR) is 82.9 cm³/mol. The van der Waals surface area contributed by atoms with Gasteiger partial charge < -0.3 is 14.5 Å². The number of alkyl halides is 3. The van der Waals surface area contributed by atoms with Crippen LogP contribution in [0.1, 0.15) is 28.8 Å². The zero-order chi connectivity index (χ0) is 18.0. The molecular weight excluding hydrogens is 337 g/mol. The lowest BCUT2D eigenvalue weighted by molar-refractivity contribution is -0.142. The molecule has 2 heterocycles. The monoisotopic (exact) mass is 356 g/mol. The second-order valence-electron chi connectivity index (χ2n) is 6.19. The summed E-state index contributed by atoms with van der Waals surface area (Å²) in [6.45, 7) is 2.13. The summed E-state index contributed by atoms with van der Waals surface area (Å²) in [5, 5.41) is 0. The Kier molecular flexibility index (Phi) is 4.99. The highest BCUT2D eigenvalue weighted by atomic mass is 19.4. The van der Waals surface area contributed by atoms with E-state index in [1.807, 2.05) is 0 Å². The van der Waals surface area contributed by atoms with E-state index in [1.165, 1.54) is 12.1 Å². The lowest BCUT2D eigenvalue weighted by atomic mass is 10.1. The second-order valence-corrected chi connectivity index (χ2v) is 6.19. The van der Waals surface area contributed by atoms with Crippen LogP contribution in [0, 0.1) is 0 Å². The molecule has 0 unspecified atom stereocenters. The number of amides is 2. The van der Waals surface area contributed by atoms with Gasteiger partial charge in [0.2, 0.25) is 0 Å². The molecule has 25 heavy (non-hydrogen) atoms. The summed E-state index contributed by atoms with van der Waals surface area (Å²) in [6, 6.07) is 4.19. The van der Waals surface area contributed by atoms with Crippen molar-refractivity contribution in [3.05, 3.63) is 35.4 Å². The fourth-order valence-corrected chi connectivity index (χ4v) is 3.09. The molecule has 3 rings (SSSR count). The summed E-state index contributed by atoms with van der Waals surface area (Å²) in [6.07, 6.45) is -3.19. The van der Waals surface area contributed by atoms with E-state index in [9.17, 15) is 22.8 Å². The number of piperazine rings is 1. The standard InChI is InChI=1S/C17H19F3N2O3/c18-17(19,20)13-5-3-12(4-6-13)15(23)21-7-9-22(10-8-21)16(24)14-2-1-11-25-14/h3-6,14H,1-2,7-11H2/t14-/m0/s1. The molecule has 0 spiro atoms. The first-order chi connectivity index (χ1) is 11.9. The van der Waals surface area contributed by atoms with Crippen molar-refractivity contribution < 1.29 is 27.5 Å². The van der Waals surface area contributed by atoms with Crippen LogP contribution >= 0.6 is 0 Å². The lowest BCUT2D eigenvalue weighted by Gasteiger charge is -2.35. The largest absolute Gasteiger partial charge is 0.416 e. The molecule has 8 heteroatoms. The molecule has 0 bridgehead atoms. The van der Waals surface area contributed by atoms with Gasteiger partial charge in [-0.1, -0.05) is 0 Å². The molecule has 1 aromatic rings. The van der Waals surface area contributed by atoms with Crippen LogP contribution in [0.25, 0.3) is 0 Å². The quantitative estimate of drug-likeness (QED) is 0.816. The predicted octanol–water partition coefficient (Wildman–Crippen LogP) is 2.17. The van der Waals surface area contributed by atoms with Crippen molar-refractivity contribution >= 4 is 11.8 Å². The average Bonchev–Trinajstić information content (AvgIpc) is 3.14. The highest BCUT2D eigenvalue weighted by Crippen LogP contribution is 2.29. The van der Waals surface area contributed by atoms with Crippen LogP contribution in [0.15, 0.2) is 24.3 Å². The van der Waals surface area contributed by atoms with Gasteiger partial charge in [0.25, 0.3) is 11.8 Å². The summed E-state index contributed by atoms with van der Waals surface area (Å²) >= 11 is 0. The fraction of sp³-hybridized carbons (Fsp3) is 0.529. The van der Waals surface area contributed by atoms with Gasteiger partial charge in [-0.05, 0) is 37.1 Å². The van der Waals surface area contributed by atoms with Crippen molar-refractivity contribution in [1.82, 2.24) is 9.80 Å². The van der Waals surface area contributed by atoms with Gasteiger partial charge in [-0.3, -0.25) is 9.59 Å². The molecule has 2 aliphatic heterocycles. The van der Waals surface area contributed by atoms with E-state index in [0.717, 1.165) is 25.0 Å². The lowest BCUT2D eigenvalue weighted by Crippen LogP contribution is -2.52. The molecule has 5 nitrogen and oxygen atoms in total. The minimum Gasteiger partial charge on any atom is -0.368 e. The number of hydrogen-bond acceptors (Lipinski definition) is 3. The molecule has 0 aliphatic carbocycles. The first kappa shape index (κ1) is 17.7. The molecule has 0 saturated carbocycles. The topological polar surface area (TPSA) is 49.9 Å². The van der Waals surface area contributed by atoms with Crippen molar-refractivity contribution in [1.29, 1.82) is 0 Å². The van der Waals surface area contributed by atoms with E-state index in [2.05, 4.69) is 0 Å². The Hall–Kier alpha value is -2.09. The maximum absolute atomic E-state index is 12.6. The minimum atomic E-state index is -4.42. The zero-order valence-electron chi connectivity index (χ0n) is 13.6. The Morgan fingerprint density at radius 3 is 2.12 bits per heavy atom. The highest BCUT2D eigenvalue weighted by Gasteiger charge is 2.32. The van der Waals surface area contributed by atoms with E-state index < -0.39 is 11.7 Å². The van der Waals surface area contributed by atoms with Crippen LogP contribution in [0.4, 0.5) is 13.2 Å². The van der Waals surface area contributed by atoms with E-state index in [-0.39, 0.29) is 23.5 Å². The van der Waals surface area contributed by atoms with Gasteiger partial charge in [-0.2, -0.15) is 13.2 Å². The second kappa shape index (κ2) is 7.03. The van der Waals surface area contributed by atoms with E-state index in [0.29, 0.717) is 32.8 Å². The maximum atomic E-state index is 12.6. The molecule has 136 valence electrons. The highest BCUT2D eigenvalue weighted by molar-refractivity contribution is 5.94. The Morgan fingerprint density at radius 1 is 1.00 bits per heavy atom. The fourth-order valence-electron chi connectivity index (χ4n) is 3.09. The smallest absolute Gasteiger partial charge is 0.368 e. The van der Waals surface area contributed by atoms with E-state index in [4.69, 9.17) is 4.74 Å². The van der Waals surface area contributed by atoms with Gasteiger partial charge in [-0.15, -0.1) is 0 Å².